The lowest BCUT2D eigenvalue weighted by molar-refractivity contribution is 0.0399. The van der Waals surface area contributed by atoms with Gasteiger partial charge in [0, 0.05) is 13.7 Å². The number of ether oxygens (including phenoxy) is 1. The molecule has 1 aliphatic heterocycles. The Kier molecular flexibility index (Phi) is 3.88. The highest BCUT2D eigenvalue weighted by atomic mass is 31.2. The first-order valence-electron chi connectivity index (χ1n) is 4.22. The summed E-state index contributed by atoms with van der Waals surface area (Å²) >= 11 is 0. The molecule has 0 aromatic heterocycles. The molecular formula is C7H15O5P. The van der Waals surface area contributed by atoms with Gasteiger partial charge in [0.15, 0.2) is 0 Å². The van der Waals surface area contributed by atoms with E-state index in [1.807, 2.05) is 0 Å². The van der Waals surface area contributed by atoms with Crippen molar-refractivity contribution in [2.24, 2.45) is 0 Å². The van der Waals surface area contributed by atoms with Crippen LogP contribution < -0.4 is 0 Å². The van der Waals surface area contributed by atoms with E-state index < -0.39 is 13.7 Å². The van der Waals surface area contributed by atoms with Crippen LogP contribution in [0.4, 0.5) is 0 Å². The van der Waals surface area contributed by atoms with Crippen LogP contribution in [0.15, 0.2) is 0 Å². The standard InChI is InChI=1S/C7H15O5P/c1-11-13(9,10)5-3-7-6(8)2-4-12-7/h6-8H,2-5H2,1H3,(H,9,10)/t6?,7-/m1/s1. The lowest BCUT2D eigenvalue weighted by Crippen LogP contribution is -2.21. The van der Waals surface area contributed by atoms with Gasteiger partial charge < -0.3 is 19.3 Å². The first-order valence-corrected chi connectivity index (χ1v) is 5.98. The van der Waals surface area contributed by atoms with E-state index in [9.17, 15) is 9.67 Å². The lowest BCUT2D eigenvalue weighted by Gasteiger charge is -2.15. The van der Waals surface area contributed by atoms with Crippen LogP contribution in [0.5, 0.6) is 0 Å². The van der Waals surface area contributed by atoms with Crippen LogP contribution in [-0.4, -0.2) is 42.1 Å². The molecule has 1 saturated heterocycles. The minimum Gasteiger partial charge on any atom is -0.390 e. The van der Waals surface area contributed by atoms with Crippen LogP contribution in [0.3, 0.4) is 0 Å². The Morgan fingerprint density at radius 2 is 2.38 bits per heavy atom. The molecule has 0 saturated carbocycles. The topological polar surface area (TPSA) is 76.0 Å². The zero-order valence-electron chi connectivity index (χ0n) is 7.55. The van der Waals surface area contributed by atoms with E-state index in [1.165, 1.54) is 7.11 Å². The van der Waals surface area contributed by atoms with Crippen LogP contribution >= 0.6 is 7.60 Å². The summed E-state index contributed by atoms with van der Waals surface area (Å²) in [4.78, 5) is 9.07. The minimum absolute atomic E-state index is 0.0330. The van der Waals surface area contributed by atoms with Gasteiger partial charge in [-0.05, 0) is 12.8 Å². The van der Waals surface area contributed by atoms with Crippen molar-refractivity contribution in [3.8, 4) is 0 Å². The maximum atomic E-state index is 11.0. The Hall–Kier alpha value is 0.0700. The second-order valence-corrected chi connectivity index (χ2v) is 5.18. The van der Waals surface area contributed by atoms with Gasteiger partial charge in [0.1, 0.15) is 0 Å². The Bertz CT molecular complexity index is 207. The lowest BCUT2D eigenvalue weighted by atomic mass is 10.1. The number of hydrogen-bond donors (Lipinski definition) is 2. The van der Waals surface area contributed by atoms with Gasteiger partial charge in [-0.3, -0.25) is 4.57 Å². The van der Waals surface area contributed by atoms with Gasteiger partial charge in [-0.2, -0.15) is 0 Å². The molecule has 0 aliphatic carbocycles. The van der Waals surface area contributed by atoms with Gasteiger partial charge in [-0.1, -0.05) is 0 Å². The summed E-state index contributed by atoms with van der Waals surface area (Å²) in [6.45, 7) is 0.522. The number of rotatable bonds is 4. The van der Waals surface area contributed by atoms with Gasteiger partial charge in [-0.25, -0.2) is 0 Å². The smallest absolute Gasteiger partial charge is 0.327 e. The predicted molar refractivity (Wildman–Crippen MR) is 46.7 cm³/mol. The van der Waals surface area contributed by atoms with Crippen LogP contribution in [0.2, 0.25) is 0 Å². The minimum atomic E-state index is -3.44. The summed E-state index contributed by atoms with van der Waals surface area (Å²) in [5, 5.41) is 9.32. The summed E-state index contributed by atoms with van der Waals surface area (Å²) in [6.07, 6.45) is 0.189. The number of hydrogen-bond acceptors (Lipinski definition) is 4. The van der Waals surface area contributed by atoms with Crippen LogP contribution in [-0.2, 0) is 13.8 Å². The first kappa shape index (κ1) is 11.1. The molecule has 1 heterocycles. The monoisotopic (exact) mass is 210 g/mol. The molecule has 0 amide bonds. The average molecular weight is 210 g/mol. The molecule has 1 rings (SSSR count). The van der Waals surface area contributed by atoms with Crippen molar-refractivity contribution in [1.29, 1.82) is 0 Å². The Morgan fingerprint density at radius 1 is 1.69 bits per heavy atom. The predicted octanol–water partition coefficient (Wildman–Crippen LogP) is 0.358. The highest BCUT2D eigenvalue weighted by Crippen LogP contribution is 2.42. The molecule has 0 radical (unpaired) electrons. The molecule has 0 bridgehead atoms. The summed E-state index contributed by atoms with van der Waals surface area (Å²) in [5.74, 6) is 0. The van der Waals surface area contributed by atoms with Crippen LogP contribution in [0.25, 0.3) is 0 Å². The zero-order valence-corrected chi connectivity index (χ0v) is 8.44. The maximum Gasteiger partial charge on any atom is 0.327 e. The second kappa shape index (κ2) is 4.53. The Labute approximate surface area is 77.2 Å². The average Bonchev–Trinajstić information content (AvgIpc) is 2.48. The van der Waals surface area contributed by atoms with Crippen molar-refractivity contribution >= 4 is 7.60 Å². The molecule has 13 heavy (non-hydrogen) atoms. The highest BCUT2D eigenvalue weighted by Gasteiger charge is 2.29. The zero-order chi connectivity index (χ0) is 9.90. The fraction of sp³-hybridized carbons (Fsp3) is 1.00. The summed E-state index contributed by atoms with van der Waals surface area (Å²) < 4.78 is 20.6. The quantitative estimate of drug-likeness (QED) is 0.655. The largest absolute Gasteiger partial charge is 0.390 e. The van der Waals surface area contributed by atoms with E-state index in [2.05, 4.69) is 4.52 Å². The summed E-state index contributed by atoms with van der Waals surface area (Å²) in [6, 6.07) is 0. The fourth-order valence-corrected chi connectivity index (χ4v) is 2.06. The first-order chi connectivity index (χ1) is 6.05. The van der Waals surface area contributed by atoms with E-state index in [0.29, 0.717) is 19.4 Å². The molecule has 0 aromatic carbocycles. The van der Waals surface area contributed by atoms with E-state index in [4.69, 9.17) is 9.63 Å². The molecule has 78 valence electrons. The normalized spacial score (nSPS) is 33.2. The van der Waals surface area contributed by atoms with Crippen molar-refractivity contribution < 1.29 is 23.8 Å². The molecule has 3 atom stereocenters. The maximum absolute atomic E-state index is 11.0. The molecule has 5 nitrogen and oxygen atoms in total. The third kappa shape index (κ3) is 3.37. The SMILES string of the molecule is COP(=O)(O)CC[C@H]1OCCC1O. The summed E-state index contributed by atoms with van der Waals surface area (Å²) in [7, 11) is -2.24. The molecule has 0 aromatic rings. The number of aliphatic hydroxyl groups excluding tert-OH is 1. The number of aliphatic hydroxyl groups is 1. The molecule has 2 N–H and O–H groups in total. The molecule has 6 heteroatoms. The van der Waals surface area contributed by atoms with E-state index in [1.54, 1.807) is 0 Å². The van der Waals surface area contributed by atoms with Gasteiger partial charge in [0.25, 0.3) is 0 Å². The van der Waals surface area contributed by atoms with Crippen molar-refractivity contribution in [2.75, 3.05) is 19.9 Å². The van der Waals surface area contributed by atoms with E-state index >= 15 is 0 Å². The molecule has 1 fully saturated rings. The Balaban J connectivity index is 2.30. The molecule has 1 aliphatic rings. The van der Waals surface area contributed by atoms with Gasteiger partial charge in [0.05, 0.1) is 18.4 Å². The van der Waals surface area contributed by atoms with Crippen LogP contribution in [0.1, 0.15) is 12.8 Å². The van der Waals surface area contributed by atoms with E-state index in [-0.39, 0.29) is 12.3 Å². The second-order valence-electron chi connectivity index (χ2n) is 3.10. The van der Waals surface area contributed by atoms with E-state index in [0.717, 1.165) is 0 Å². The van der Waals surface area contributed by atoms with Crippen LogP contribution in [0, 0.1) is 0 Å². The Morgan fingerprint density at radius 3 is 2.85 bits per heavy atom. The summed E-state index contributed by atoms with van der Waals surface area (Å²) in [5.41, 5.74) is 0. The van der Waals surface area contributed by atoms with Gasteiger partial charge >= 0.3 is 7.60 Å². The van der Waals surface area contributed by atoms with Crippen molar-refractivity contribution in [3.05, 3.63) is 0 Å². The van der Waals surface area contributed by atoms with Gasteiger partial charge in [-0.15, -0.1) is 0 Å². The van der Waals surface area contributed by atoms with Gasteiger partial charge in [0.2, 0.25) is 0 Å². The third-order valence-corrected chi connectivity index (χ3v) is 3.55. The third-order valence-electron chi connectivity index (χ3n) is 2.16. The fourth-order valence-electron chi connectivity index (χ4n) is 1.29. The molecule has 0 spiro atoms. The molecule has 2 unspecified atom stereocenters. The van der Waals surface area contributed by atoms with Crippen molar-refractivity contribution in [3.63, 3.8) is 0 Å². The molecular weight excluding hydrogens is 195 g/mol. The highest BCUT2D eigenvalue weighted by molar-refractivity contribution is 7.52. The van der Waals surface area contributed by atoms with Crippen molar-refractivity contribution in [1.82, 2.24) is 0 Å². The van der Waals surface area contributed by atoms with Crippen molar-refractivity contribution in [2.45, 2.75) is 25.0 Å².